The lowest BCUT2D eigenvalue weighted by Crippen LogP contribution is -2.41. The zero-order valence-corrected chi connectivity index (χ0v) is 16.1. The van der Waals surface area contributed by atoms with E-state index in [4.69, 9.17) is 0 Å². The molecule has 2 aromatic rings. The highest BCUT2D eigenvalue weighted by molar-refractivity contribution is 5.93. The molecule has 0 bridgehead atoms. The number of carbonyl (C=O) groups is 1. The fourth-order valence-electron chi connectivity index (χ4n) is 4.00. The Morgan fingerprint density at radius 2 is 1.86 bits per heavy atom. The summed E-state index contributed by atoms with van der Waals surface area (Å²) in [4.78, 5) is 18.2. The normalized spacial score (nSPS) is 17.9. The van der Waals surface area contributed by atoms with E-state index in [1.165, 1.54) is 30.4 Å². The predicted molar refractivity (Wildman–Crippen MR) is 103 cm³/mol. The molecule has 7 heteroatoms. The third-order valence-electron chi connectivity index (χ3n) is 5.97. The molecule has 29 heavy (non-hydrogen) atoms. The molecule has 1 N–H and O–H groups in total. The first kappa shape index (κ1) is 19.9. The SMILES string of the molecule is O=C(NCc1ccc2c(c1)CCN(C1CCC1)CC2)c1ccc(C(F)(F)F)nc1. The minimum absolute atomic E-state index is 0.115. The molecule has 0 spiro atoms. The maximum Gasteiger partial charge on any atom is 0.433 e. The fourth-order valence-corrected chi connectivity index (χ4v) is 4.00. The maximum absolute atomic E-state index is 12.6. The quantitative estimate of drug-likeness (QED) is 0.840. The van der Waals surface area contributed by atoms with E-state index in [1.807, 2.05) is 6.07 Å². The number of rotatable bonds is 4. The summed E-state index contributed by atoms with van der Waals surface area (Å²) in [6.45, 7) is 2.51. The van der Waals surface area contributed by atoms with Crippen LogP contribution in [-0.4, -0.2) is 34.9 Å². The number of nitrogens with zero attached hydrogens (tertiary/aromatic N) is 2. The van der Waals surface area contributed by atoms with Crippen LogP contribution in [0.4, 0.5) is 13.2 Å². The number of benzene rings is 1. The Balaban J connectivity index is 1.36. The van der Waals surface area contributed by atoms with Gasteiger partial charge in [0.2, 0.25) is 0 Å². The highest BCUT2D eigenvalue weighted by atomic mass is 19.4. The van der Waals surface area contributed by atoms with Gasteiger partial charge in [0.15, 0.2) is 0 Å². The summed E-state index contributed by atoms with van der Waals surface area (Å²) in [5.74, 6) is -0.433. The molecule has 0 atom stereocenters. The van der Waals surface area contributed by atoms with Crippen molar-refractivity contribution < 1.29 is 18.0 Å². The minimum atomic E-state index is -4.51. The topological polar surface area (TPSA) is 45.2 Å². The summed E-state index contributed by atoms with van der Waals surface area (Å²) in [5, 5.41) is 2.77. The van der Waals surface area contributed by atoms with E-state index in [-0.39, 0.29) is 5.56 Å². The number of pyridine rings is 1. The lowest BCUT2D eigenvalue weighted by molar-refractivity contribution is -0.141. The Kier molecular flexibility index (Phi) is 5.58. The molecule has 0 saturated heterocycles. The molecule has 1 aliphatic carbocycles. The predicted octanol–water partition coefficient (Wildman–Crippen LogP) is 3.98. The number of hydrogen-bond donors (Lipinski definition) is 1. The average molecular weight is 403 g/mol. The third kappa shape index (κ3) is 4.61. The van der Waals surface area contributed by atoms with Crippen molar-refractivity contribution in [3.8, 4) is 0 Å². The molecule has 154 valence electrons. The van der Waals surface area contributed by atoms with Crippen molar-refractivity contribution in [2.75, 3.05) is 13.1 Å². The van der Waals surface area contributed by atoms with Gasteiger partial charge in [-0.05, 0) is 54.5 Å². The molecule has 1 amide bonds. The molecular formula is C22H24F3N3O. The highest BCUT2D eigenvalue weighted by Gasteiger charge is 2.32. The van der Waals surface area contributed by atoms with E-state index in [0.717, 1.165) is 55.9 Å². The smallest absolute Gasteiger partial charge is 0.348 e. The van der Waals surface area contributed by atoms with Crippen molar-refractivity contribution >= 4 is 5.91 Å². The molecule has 0 unspecified atom stereocenters. The van der Waals surface area contributed by atoms with E-state index in [0.29, 0.717) is 6.54 Å². The van der Waals surface area contributed by atoms with Gasteiger partial charge < -0.3 is 5.32 Å². The second-order valence-electron chi connectivity index (χ2n) is 7.84. The molecule has 0 radical (unpaired) electrons. The Morgan fingerprint density at radius 3 is 2.48 bits per heavy atom. The summed E-state index contributed by atoms with van der Waals surface area (Å²) in [6.07, 6.45) is 2.48. The van der Waals surface area contributed by atoms with E-state index in [9.17, 15) is 18.0 Å². The van der Waals surface area contributed by atoms with Crippen LogP contribution < -0.4 is 5.32 Å². The first-order chi connectivity index (χ1) is 13.9. The second-order valence-corrected chi connectivity index (χ2v) is 7.84. The van der Waals surface area contributed by atoms with Crippen LogP contribution in [0.3, 0.4) is 0 Å². The number of halogens is 3. The number of fused-ring (bicyclic) bond motifs is 1. The first-order valence-corrected chi connectivity index (χ1v) is 10.1. The van der Waals surface area contributed by atoms with E-state index >= 15 is 0 Å². The van der Waals surface area contributed by atoms with Crippen molar-refractivity contribution in [1.82, 2.24) is 15.2 Å². The van der Waals surface area contributed by atoms with Crippen molar-refractivity contribution in [2.45, 2.75) is 50.9 Å². The summed E-state index contributed by atoms with van der Waals surface area (Å²) >= 11 is 0. The van der Waals surface area contributed by atoms with E-state index < -0.39 is 17.8 Å². The fraction of sp³-hybridized carbons (Fsp3) is 0.455. The molecule has 2 heterocycles. The molecular weight excluding hydrogens is 379 g/mol. The first-order valence-electron chi connectivity index (χ1n) is 10.1. The number of carbonyl (C=O) groups excluding carboxylic acids is 1. The van der Waals surface area contributed by atoms with Crippen LogP contribution in [0.25, 0.3) is 0 Å². The van der Waals surface area contributed by atoms with Gasteiger partial charge in [0, 0.05) is 31.9 Å². The lowest BCUT2D eigenvalue weighted by atomic mass is 9.91. The Bertz CT molecular complexity index is 876. The third-order valence-corrected chi connectivity index (χ3v) is 5.97. The van der Waals surface area contributed by atoms with Crippen molar-refractivity contribution in [1.29, 1.82) is 0 Å². The van der Waals surface area contributed by atoms with Gasteiger partial charge in [-0.2, -0.15) is 13.2 Å². The van der Waals surface area contributed by atoms with Gasteiger partial charge in [-0.25, -0.2) is 0 Å². The Morgan fingerprint density at radius 1 is 1.10 bits per heavy atom. The van der Waals surface area contributed by atoms with Gasteiger partial charge in [-0.1, -0.05) is 24.6 Å². The lowest BCUT2D eigenvalue weighted by Gasteiger charge is -2.36. The van der Waals surface area contributed by atoms with Gasteiger partial charge in [-0.15, -0.1) is 0 Å². The van der Waals surface area contributed by atoms with Crippen LogP contribution >= 0.6 is 0 Å². The number of aromatic nitrogens is 1. The second kappa shape index (κ2) is 8.14. The van der Waals surface area contributed by atoms with Gasteiger partial charge in [0.05, 0.1) is 5.56 Å². The van der Waals surface area contributed by atoms with Gasteiger partial charge in [0.25, 0.3) is 5.91 Å². The van der Waals surface area contributed by atoms with Crippen molar-refractivity contribution in [3.05, 3.63) is 64.5 Å². The molecule has 2 aliphatic rings. The number of alkyl halides is 3. The minimum Gasteiger partial charge on any atom is -0.348 e. The summed E-state index contributed by atoms with van der Waals surface area (Å²) in [6, 6.07) is 9.03. The van der Waals surface area contributed by atoms with Crippen LogP contribution in [-0.2, 0) is 25.6 Å². The molecule has 1 aromatic heterocycles. The zero-order chi connectivity index (χ0) is 20.4. The van der Waals surface area contributed by atoms with Crippen LogP contribution in [0, 0.1) is 0 Å². The Labute approximate surface area is 168 Å². The monoisotopic (exact) mass is 403 g/mol. The number of nitrogens with one attached hydrogen (secondary N) is 1. The van der Waals surface area contributed by atoms with Crippen LogP contribution in [0.5, 0.6) is 0 Å². The highest BCUT2D eigenvalue weighted by Crippen LogP contribution is 2.28. The summed E-state index contributed by atoms with van der Waals surface area (Å²) < 4.78 is 37.7. The molecule has 4 nitrogen and oxygen atoms in total. The standard InChI is InChI=1S/C22H24F3N3O/c23-22(24,25)20-7-6-18(14-26-20)21(29)27-13-15-4-5-16-8-10-28(19-2-1-3-19)11-9-17(16)12-15/h4-7,12,14,19H,1-3,8-11,13H2,(H,27,29). The molecule has 4 rings (SSSR count). The molecule has 1 fully saturated rings. The summed E-state index contributed by atoms with van der Waals surface area (Å²) in [5.41, 5.74) is 2.80. The van der Waals surface area contributed by atoms with Gasteiger partial charge in [0.1, 0.15) is 5.69 Å². The van der Waals surface area contributed by atoms with Crippen LogP contribution in [0.15, 0.2) is 36.5 Å². The van der Waals surface area contributed by atoms with E-state index in [1.54, 1.807) is 0 Å². The maximum atomic E-state index is 12.6. The van der Waals surface area contributed by atoms with Crippen LogP contribution in [0.2, 0.25) is 0 Å². The largest absolute Gasteiger partial charge is 0.433 e. The Hall–Kier alpha value is -2.41. The summed E-state index contributed by atoms with van der Waals surface area (Å²) in [7, 11) is 0. The molecule has 1 aliphatic heterocycles. The van der Waals surface area contributed by atoms with Gasteiger partial charge >= 0.3 is 6.18 Å². The number of hydrogen-bond acceptors (Lipinski definition) is 3. The molecule has 1 aromatic carbocycles. The van der Waals surface area contributed by atoms with Gasteiger partial charge in [-0.3, -0.25) is 14.7 Å². The molecule has 1 saturated carbocycles. The van der Waals surface area contributed by atoms with Crippen LogP contribution in [0.1, 0.15) is 52.0 Å². The van der Waals surface area contributed by atoms with E-state index in [2.05, 4.69) is 27.3 Å². The van der Waals surface area contributed by atoms with Crippen molar-refractivity contribution in [3.63, 3.8) is 0 Å². The zero-order valence-electron chi connectivity index (χ0n) is 16.1. The van der Waals surface area contributed by atoms with Crippen molar-refractivity contribution in [2.24, 2.45) is 0 Å². The average Bonchev–Trinajstić information content (AvgIpc) is 2.87. The number of amides is 1.